The summed E-state index contributed by atoms with van der Waals surface area (Å²) in [5.74, 6) is -0.583. The molecule has 2 atom stereocenters. The van der Waals surface area contributed by atoms with Crippen LogP contribution in [0.4, 0.5) is 10.1 Å². The Morgan fingerprint density at radius 2 is 2.00 bits per heavy atom. The number of halogens is 1. The highest BCUT2D eigenvalue weighted by molar-refractivity contribution is 6.02. The summed E-state index contributed by atoms with van der Waals surface area (Å²) in [6.07, 6.45) is 3.82. The minimum atomic E-state index is -0.732. The van der Waals surface area contributed by atoms with Crippen molar-refractivity contribution in [1.29, 1.82) is 0 Å². The maximum absolute atomic E-state index is 15.4. The first kappa shape index (κ1) is 25.3. The topological polar surface area (TPSA) is 95.8 Å². The van der Waals surface area contributed by atoms with Crippen LogP contribution in [0.3, 0.4) is 0 Å². The third kappa shape index (κ3) is 4.51. The lowest BCUT2D eigenvalue weighted by Gasteiger charge is -2.27. The van der Waals surface area contributed by atoms with Gasteiger partial charge in [-0.25, -0.2) is 4.39 Å². The SMILES string of the molecule is C[C@@H](O)CNc1c(F)cc2c(=O)c(C(=O)NCCC3CCCN3C)cn3c2c1Oc1cc2ccccc2cc1-3. The summed E-state index contributed by atoms with van der Waals surface area (Å²) in [6.45, 7) is 3.17. The average Bonchev–Trinajstić information content (AvgIpc) is 3.32. The fourth-order valence-electron chi connectivity index (χ4n) is 5.67. The van der Waals surface area contributed by atoms with E-state index in [0.29, 0.717) is 29.5 Å². The number of ether oxygens (including phenoxy) is 1. The van der Waals surface area contributed by atoms with Gasteiger partial charge in [-0.15, -0.1) is 0 Å². The van der Waals surface area contributed by atoms with Crippen molar-refractivity contribution in [3.05, 3.63) is 70.3 Å². The number of aliphatic hydroxyl groups excluding tert-OH is 1. The van der Waals surface area contributed by atoms with Crippen LogP contribution in [0.2, 0.25) is 0 Å². The highest BCUT2D eigenvalue weighted by Crippen LogP contribution is 2.46. The first-order valence-electron chi connectivity index (χ1n) is 13.3. The standard InChI is InChI=1S/C30H31FN4O4/c1-17(36)15-33-26-23(31)14-21-27-29(26)39-25-13-19-7-4-3-6-18(19)12-24(25)35(27)16-22(28(21)37)30(38)32-10-9-20-8-5-11-34(20)2/h3-4,6-7,12-14,16-17,20,33,36H,5,8-11,15H2,1-2H3,(H,32,38)/t17-,20?/m1/s1. The predicted molar refractivity (Wildman–Crippen MR) is 150 cm³/mol. The van der Waals surface area contributed by atoms with Gasteiger partial charge >= 0.3 is 0 Å². The number of aliphatic hydroxyl groups is 1. The largest absolute Gasteiger partial charge is 0.451 e. The van der Waals surface area contributed by atoms with Crippen molar-refractivity contribution in [1.82, 2.24) is 14.8 Å². The molecule has 6 rings (SSSR count). The molecular weight excluding hydrogens is 499 g/mol. The molecule has 3 heterocycles. The van der Waals surface area contributed by atoms with Crippen LogP contribution < -0.4 is 20.8 Å². The summed E-state index contributed by atoms with van der Waals surface area (Å²) in [5, 5.41) is 17.6. The maximum Gasteiger partial charge on any atom is 0.256 e. The molecule has 1 unspecified atom stereocenters. The van der Waals surface area contributed by atoms with Gasteiger partial charge in [0.15, 0.2) is 17.3 Å². The van der Waals surface area contributed by atoms with Gasteiger partial charge < -0.3 is 29.9 Å². The van der Waals surface area contributed by atoms with Crippen molar-refractivity contribution in [2.45, 2.75) is 38.3 Å². The number of hydrogen-bond donors (Lipinski definition) is 3. The lowest BCUT2D eigenvalue weighted by Crippen LogP contribution is -2.34. The highest BCUT2D eigenvalue weighted by Gasteiger charge is 2.29. The Hall–Kier alpha value is -3.95. The molecule has 0 aliphatic carbocycles. The Bertz CT molecular complexity index is 1670. The van der Waals surface area contributed by atoms with Gasteiger partial charge in [-0.05, 0) is 68.8 Å². The molecule has 0 spiro atoms. The number of hydrogen-bond acceptors (Lipinski definition) is 6. The lowest BCUT2D eigenvalue weighted by molar-refractivity contribution is 0.0949. The molecule has 202 valence electrons. The van der Waals surface area contributed by atoms with E-state index in [1.807, 2.05) is 36.4 Å². The van der Waals surface area contributed by atoms with Crippen molar-refractivity contribution >= 4 is 33.3 Å². The molecule has 39 heavy (non-hydrogen) atoms. The minimum absolute atomic E-state index is 0.0482. The van der Waals surface area contributed by atoms with Gasteiger partial charge in [0.25, 0.3) is 5.91 Å². The summed E-state index contributed by atoms with van der Waals surface area (Å²) in [6, 6.07) is 13.1. The van der Waals surface area contributed by atoms with Crippen molar-refractivity contribution < 1.29 is 19.0 Å². The number of likely N-dealkylation sites (tertiary alicyclic amines) is 1. The fraction of sp³-hybridized carbons (Fsp3) is 0.333. The van der Waals surface area contributed by atoms with Gasteiger partial charge in [0.2, 0.25) is 5.43 Å². The normalized spacial score (nSPS) is 17.2. The van der Waals surface area contributed by atoms with Crippen LogP contribution in [0, 0.1) is 5.82 Å². The van der Waals surface area contributed by atoms with Crippen LogP contribution in [0.25, 0.3) is 27.4 Å². The van der Waals surface area contributed by atoms with Crippen LogP contribution >= 0.6 is 0 Å². The molecule has 3 N–H and O–H groups in total. The number of pyridine rings is 1. The Morgan fingerprint density at radius 1 is 1.23 bits per heavy atom. The Balaban J connectivity index is 1.48. The van der Waals surface area contributed by atoms with Crippen molar-refractivity contribution in [2.24, 2.45) is 0 Å². The van der Waals surface area contributed by atoms with E-state index in [9.17, 15) is 14.7 Å². The zero-order valence-corrected chi connectivity index (χ0v) is 22.0. The van der Waals surface area contributed by atoms with Crippen LogP contribution in [-0.2, 0) is 0 Å². The second-order valence-corrected chi connectivity index (χ2v) is 10.5. The van der Waals surface area contributed by atoms with E-state index < -0.39 is 23.3 Å². The molecule has 0 saturated carbocycles. The number of fused-ring (bicyclic) bond motifs is 3. The van der Waals surface area contributed by atoms with Gasteiger partial charge in [0, 0.05) is 25.3 Å². The zero-order valence-electron chi connectivity index (χ0n) is 22.0. The van der Waals surface area contributed by atoms with E-state index in [1.165, 1.54) is 6.20 Å². The zero-order chi connectivity index (χ0) is 27.3. The van der Waals surface area contributed by atoms with E-state index in [4.69, 9.17) is 4.74 Å². The molecule has 3 aromatic carbocycles. The smallest absolute Gasteiger partial charge is 0.256 e. The van der Waals surface area contributed by atoms with E-state index in [0.717, 1.165) is 42.6 Å². The van der Waals surface area contributed by atoms with E-state index >= 15 is 4.39 Å². The average molecular weight is 531 g/mol. The number of carbonyl (C=O) groups is 1. The maximum atomic E-state index is 15.4. The molecule has 2 aliphatic rings. The van der Waals surface area contributed by atoms with Crippen molar-refractivity contribution in [2.75, 3.05) is 32.0 Å². The molecule has 8 nitrogen and oxygen atoms in total. The van der Waals surface area contributed by atoms with Crippen LogP contribution in [0.15, 0.2) is 53.5 Å². The number of aromatic nitrogens is 1. The van der Waals surface area contributed by atoms with Crippen LogP contribution in [-0.4, -0.2) is 59.3 Å². The van der Waals surface area contributed by atoms with Crippen molar-refractivity contribution in [3.8, 4) is 17.2 Å². The molecule has 0 radical (unpaired) electrons. The number of amides is 1. The predicted octanol–water partition coefficient (Wildman–Crippen LogP) is 4.40. The first-order valence-corrected chi connectivity index (χ1v) is 13.3. The molecule has 1 aromatic heterocycles. The summed E-state index contributed by atoms with van der Waals surface area (Å²) in [4.78, 5) is 29.1. The number of nitrogens with one attached hydrogen (secondary N) is 2. The van der Waals surface area contributed by atoms with Gasteiger partial charge in [-0.1, -0.05) is 24.3 Å². The number of anilines is 1. The lowest BCUT2D eigenvalue weighted by atomic mass is 10.0. The summed E-state index contributed by atoms with van der Waals surface area (Å²) in [7, 11) is 2.08. The monoisotopic (exact) mass is 530 g/mol. The summed E-state index contributed by atoms with van der Waals surface area (Å²) >= 11 is 0. The Kier molecular flexibility index (Phi) is 6.48. The minimum Gasteiger partial charge on any atom is -0.451 e. The molecule has 1 saturated heterocycles. The molecular formula is C30H31FN4O4. The fourth-order valence-corrected chi connectivity index (χ4v) is 5.67. The van der Waals surface area contributed by atoms with E-state index in [1.54, 1.807) is 11.5 Å². The first-order chi connectivity index (χ1) is 18.8. The molecule has 4 aromatic rings. The second kappa shape index (κ2) is 9.98. The number of carbonyl (C=O) groups excluding carboxylic acids is 1. The Morgan fingerprint density at radius 3 is 2.72 bits per heavy atom. The number of rotatable bonds is 7. The quantitative estimate of drug-likeness (QED) is 0.289. The number of nitrogens with zero attached hydrogens (tertiary/aromatic N) is 2. The van der Waals surface area contributed by atoms with E-state index in [2.05, 4.69) is 22.6 Å². The van der Waals surface area contributed by atoms with Crippen LogP contribution in [0.1, 0.15) is 36.5 Å². The van der Waals surface area contributed by atoms with Crippen LogP contribution in [0.5, 0.6) is 11.5 Å². The molecule has 9 heteroatoms. The molecule has 2 aliphatic heterocycles. The summed E-state index contributed by atoms with van der Waals surface area (Å²) in [5.41, 5.74) is 0.431. The van der Waals surface area contributed by atoms with E-state index in [-0.39, 0.29) is 28.9 Å². The van der Waals surface area contributed by atoms with Gasteiger partial charge in [0.05, 0.1) is 17.2 Å². The highest BCUT2D eigenvalue weighted by atomic mass is 19.1. The molecule has 1 amide bonds. The molecule has 1 fully saturated rings. The second-order valence-electron chi connectivity index (χ2n) is 10.5. The van der Waals surface area contributed by atoms with Gasteiger partial charge in [0.1, 0.15) is 16.8 Å². The summed E-state index contributed by atoms with van der Waals surface area (Å²) < 4.78 is 23.4. The van der Waals surface area contributed by atoms with Crippen molar-refractivity contribution in [3.63, 3.8) is 0 Å². The molecule has 0 bridgehead atoms. The Labute approximate surface area is 225 Å². The third-order valence-electron chi connectivity index (χ3n) is 7.75. The van der Waals surface area contributed by atoms with Gasteiger partial charge in [-0.2, -0.15) is 0 Å². The third-order valence-corrected chi connectivity index (χ3v) is 7.75. The van der Waals surface area contributed by atoms with Gasteiger partial charge in [-0.3, -0.25) is 9.59 Å². The number of benzene rings is 3.